The number of carbonyl (C=O) groups excluding carboxylic acids is 1. The highest BCUT2D eigenvalue weighted by Gasteiger charge is 2.35. The number of nitrogens with zero attached hydrogens (tertiary/aromatic N) is 3. The standard InChI is InChI=1S/C19H19F3N4O2/c20-19(21,22)14-4-2-1-3-13(14)10-26-8-7-25(11-16(26)27)15-9-23-24-18(28)17(15)12-5-6-12/h1-4,9,12H,5-8,10-11H2,(H,24,28). The van der Waals surface area contributed by atoms with Crippen LogP contribution in [0.1, 0.15) is 35.4 Å². The summed E-state index contributed by atoms with van der Waals surface area (Å²) in [4.78, 5) is 28.0. The Hall–Kier alpha value is -2.84. The first kappa shape index (κ1) is 18.5. The van der Waals surface area contributed by atoms with Gasteiger partial charge in [0.05, 0.1) is 24.0 Å². The molecular weight excluding hydrogens is 373 g/mol. The Bertz CT molecular complexity index is 953. The zero-order valence-corrected chi connectivity index (χ0v) is 15.0. The largest absolute Gasteiger partial charge is 0.416 e. The molecule has 1 N–H and O–H groups in total. The Morgan fingerprint density at radius 3 is 2.57 bits per heavy atom. The van der Waals surface area contributed by atoms with Gasteiger partial charge in [0.2, 0.25) is 5.91 Å². The van der Waals surface area contributed by atoms with Crippen molar-refractivity contribution in [3.63, 3.8) is 0 Å². The number of alkyl halides is 3. The van der Waals surface area contributed by atoms with Gasteiger partial charge in [-0.3, -0.25) is 9.59 Å². The Morgan fingerprint density at radius 1 is 1.14 bits per heavy atom. The van der Waals surface area contributed by atoms with Crippen LogP contribution in [0.5, 0.6) is 0 Å². The van der Waals surface area contributed by atoms with E-state index in [-0.39, 0.29) is 42.6 Å². The average molecular weight is 392 g/mol. The Kier molecular flexibility index (Phi) is 4.60. The minimum Gasteiger partial charge on any atom is -0.359 e. The minimum absolute atomic E-state index is 0.0129. The molecule has 1 aliphatic heterocycles. The van der Waals surface area contributed by atoms with Crippen molar-refractivity contribution in [2.24, 2.45) is 0 Å². The fraction of sp³-hybridized carbons (Fsp3) is 0.421. The molecule has 1 saturated heterocycles. The minimum atomic E-state index is -4.46. The maximum atomic E-state index is 13.2. The fourth-order valence-electron chi connectivity index (χ4n) is 3.64. The van der Waals surface area contributed by atoms with Crippen molar-refractivity contribution in [3.8, 4) is 0 Å². The number of benzene rings is 1. The third-order valence-electron chi connectivity index (χ3n) is 5.20. The molecule has 0 bridgehead atoms. The van der Waals surface area contributed by atoms with E-state index < -0.39 is 11.7 Å². The lowest BCUT2D eigenvalue weighted by atomic mass is 10.1. The van der Waals surface area contributed by atoms with E-state index in [1.807, 2.05) is 0 Å². The summed E-state index contributed by atoms with van der Waals surface area (Å²) in [5.74, 6) is -0.0844. The van der Waals surface area contributed by atoms with Crippen molar-refractivity contribution in [2.45, 2.75) is 31.5 Å². The van der Waals surface area contributed by atoms with Gasteiger partial charge in [-0.2, -0.15) is 18.3 Å². The van der Waals surface area contributed by atoms with Crippen LogP contribution in [0.15, 0.2) is 35.3 Å². The summed E-state index contributed by atoms with van der Waals surface area (Å²) < 4.78 is 39.6. The molecule has 0 spiro atoms. The number of anilines is 1. The summed E-state index contributed by atoms with van der Waals surface area (Å²) in [6.07, 6.45) is -1.04. The summed E-state index contributed by atoms with van der Waals surface area (Å²) in [6.45, 7) is 0.636. The van der Waals surface area contributed by atoms with Gasteiger partial charge in [-0.25, -0.2) is 5.10 Å². The van der Waals surface area contributed by atoms with Gasteiger partial charge in [0.15, 0.2) is 0 Å². The lowest BCUT2D eigenvalue weighted by molar-refractivity contribution is -0.140. The van der Waals surface area contributed by atoms with Crippen molar-refractivity contribution in [3.05, 3.63) is 57.5 Å². The molecule has 28 heavy (non-hydrogen) atoms. The number of H-pyrrole nitrogens is 1. The molecule has 2 aliphatic rings. The van der Waals surface area contributed by atoms with E-state index in [1.54, 1.807) is 11.1 Å². The maximum absolute atomic E-state index is 13.2. The van der Waals surface area contributed by atoms with E-state index in [9.17, 15) is 22.8 Å². The highest BCUT2D eigenvalue weighted by molar-refractivity contribution is 5.83. The zero-order valence-electron chi connectivity index (χ0n) is 15.0. The molecule has 0 unspecified atom stereocenters. The summed E-state index contributed by atoms with van der Waals surface area (Å²) in [6, 6.07) is 5.30. The van der Waals surface area contributed by atoms with Crippen LogP contribution in [0, 0.1) is 0 Å². The number of hydrogen-bond donors (Lipinski definition) is 1. The van der Waals surface area contributed by atoms with Gasteiger partial charge in [-0.05, 0) is 30.4 Å². The van der Waals surface area contributed by atoms with Crippen molar-refractivity contribution in [1.29, 1.82) is 0 Å². The molecule has 2 fully saturated rings. The van der Waals surface area contributed by atoms with Gasteiger partial charge in [-0.1, -0.05) is 18.2 Å². The molecular formula is C19H19F3N4O2. The molecule has 2 aromatic rings. The van der Waals surface area contributed by atoms with Crippen LogP contribution in [-0.4, -0.2) is 40.6 Å². The number of halogens is 3. The third-order valence-corrected chi connectivity index (χ3v) is 5.20. The monoisotopic (exact) mass is 392 g/mol. The normalized spacial score (nSPS) is 17.9. The third kappa shape index (κ3) is 3.61. The van der Waals surface area contributed by atoms with Crippen molar-refractivity contribution >= 4 is 11.6 Å². The van der Waals surface area contributed by atoms with Crippen LogP contribution >= 0.6 is 0 Å². The van der Waals surface area contributed by atoms with E-state index >= 15 is 0 Å². The second kappa shape index (κ2) is 6.96. The molecule has 148 valence electrons. The second-order valence-corrected chi connectivity index (χ2v) is 7.16. The number of aromatic amines is 1. The van der Waals surface area contributed by atoms with Crippen LogP contribution in [0.4, 0.5) is 18.9 Å². The predicted octanol–water partition coefficient (Wildman–Crippen LogP) is 2.51. The molecule has 1 aromatic heterocycles. The van der Waals surface area contributed by atoms with E-state index in [1.165, 1.54) is 23.1 Å². The number of nitrogens with one attached hydrogen (secondary N) is 1. The van der Waals surface area contributed by atoms with E-state index in [0.29, 0.717) is 17.8 Å². The maximum Gasteiger partial charge on any atom is 0.416 e. The first-order valence-electron chi connectivity index (χ1n) is 9.10. The lowest BCUT2D eigenvalue weighted by Gasteiger charge is -2.36. The van der Waals surface area contributed by atoms with Crippen molar-refractivity contribution in [2.75, 3.05) is 24.5 Å². The lowest BCUT2D eigenvalue weighted by Crippen LogP contribution is -2.50. The van der Waals surface area contributed by atoms with Crippen LogP contribution in [0.25, 0.3) is 0 Å². The summed E-state index contributed by atoms with van der Waals surface area (Å²) in [7, 11) is 0. The quantitative estimate of drug-likeness (QED) is 0.868. The van der Waals surface area contributed by atoms with E-state index in [0.717, 1.165) is 18.9 Å². The summed E-state index contributed by atoms with van der Waals surface area (Å²) in [5, 5.41) is 6.29. The van der Waals surface area contributed by atoms with Gasteiger partial charge >= 0.3 is 6.18 Å². The second-order valence-electron chi connectivity index (χ2n) is 7.16. The first-order chi connectivity index (χ1) is 13.3. The van der Waals surface area contributed by atoms with Gasteiger partial charge in [0.25, 0.3) is 5.56 Å². The van der Waals surface area contributed by atoms with E-state index in [4.69, 9.17) is 0 Å². The van der Waals surface area contributed by atoms with Gasteiger partial charge in [-0.15, -0.1) is 0 Å². The number of amides is 1. The molecule has 1 aliphatic carbocycles. The van der Waals surface area contributed by atoms with Crippen molar-refractivity contribution in [1.82, 2.24) is 15.1 Å². The number of aromatic nitrogens is 2. The smallest absolute Gasteiger partial charge is 0.359 e. The molecule has 6 nitrogen and oxygen atoms in total. The SMILES string of the molecule is O=C1CN(c2cn[nH]c(=O)c2C2CC2)CCN1Cc1ccccc1C(F)(F)F. The first-order valence-corrected chi connectivity index (χ1v) is 9.10. The molecule has 2 heterocycles. The van der Waals surface area contributed by atoms with Gasteiger partial charge < -0.3 is 9.80 Å². The highest BCUT2D eigenvalue weighted by Crippen LogP contribution is 2.42. The van der Waals surface area contributed by atoms with Gasteiger partial charge in [0, 0.05) is 25.2 Å². The molecule has 1 amide bonds. The Labute approximate surface area is 159 Å². The van der Waals surface area contributed by atoms with Crippen LogP contribution < -0.4 is 10.5 Å². The number of carbonyl (C=O) groups is 1. The molecule has 0 radical (unpaired) electrons. The fourth-order valence-corrected chi connectivity index (χ4v) is 3.64. The van der Waals surface area contributed by atoms with Gasteiger partial charge in [0.1, 0.15) is 0 Å². The number of rotatable bonds is 4. The van der Waals surface area contributed by atoms with Crippen LogP contribution in [0.3, 0.4) is 0 Å². The average Bonchev–Trinajstić information content (AvgIpc) is 3.47. The van der Waals surface area contributed by atoms with Crippen LogP contribution in [0.2, 0.25) is 0 Å². The summed E-state index contributed by atoms with van der Waals surface area (Å²) in [5.41, 5.74) is 0.413. The molecule has 4 rings (SSSR count). The number of hydrogen-bond acceptors (Lipinski definition) is 4. The highest BCUT2D eigenvalue weighted by atomic mass is 19.4. The predicted molar refractivity (Wildman–Crippen MR) is 95.9 cm³/mol. The molecule has 1 aromatic carbocycles. The Morgan fingerprint density at radius 2 is 1.89 bits per heavy atom. The molecule has 1 saturated carbocycles. The Balaban J connectivity index is 1.51. The van der Waals surface area contributed by atoms with E-state index in [2.05, 4.69) is 10.2 Å². The topological polar surface area (TPSA) is 69.3 Å². The van der Waals surface area contributed by atoms with Crippen LogP contribution in [-0.2, 0) is 17.5 Å². The number of piperazine rings is 1. The molecule has 9 heteroatoms. The summed E-state index contributed by atoms with van der Waals surface area (Å²) >= 11 is 0. The van der Waals surface area contributed by atoms with Crippen molar-refractivity contribution < 1.29 is 18.0 Å². The zero-order chi connectivity index (χ0) is 19.9. The molecule has 0 atom stereocenters.